The molecule has 3 rings (SSSR count). The number of hydrogen-bond donors (Lipinski definition) is 1. The van der Waals surface area contributed by atoms with Crippen molar-refractivity contribution in [1.29, 1.82) is 0 Å². The molecule has 0 amide bonds. The van der Waals surface area contributed by atoms with Crippen molar-refractivity contribution in [3.05, 3.63) is 63.9 Å². The van der Waals surface area contributed by atoms with Crippen LogP contribution >= 0.6 is 15.9 Å². The van der Waals surface area contributed by atoms with Crippen molar-refractivity contribution in [1.82, 2.24) is 0 Å². The van der Waals surface area contributed by atoms with Crippen molar-refractivity contribution >= 4 is 27.2 Å². The molecule has 0 spiro atoms. The van der Waals surface area contributed by atoms with E-state index >= 15 is 0 Å². The first-order valence-electron chi connectivity index (χ1n) is 8.78. The van der Waals surface area contributed by atoms with Gasteiger partial charge in [-0.3, -0.25) is 0 Å². The molecule has 4 heteroatoms. The highest BCUT2D eigenvalue weighted by atomic mass is 79.9. The standard InChI is InChI=1S/C21H23BrFNO/c1-4-21(5-2)20(22)19(14-7-9-15(23)10-8-14)17-12-11-16(24-6-3)13-18(17)25-21/h7-13,24H,4-6H2,1-3H3. The summed E-state index contributed by atoms with van der Waals surface area (Å²) in [5.41, 5.74) is 3.73. The molecule has 0 saturated heterocycles. The Morgan fingerprint density at radius 1 is 1.04 bits per heavy atom. The molecule has 25 heavy (non-hydrogen) atoms. The molecule has 1 aliphatic rings. The van der Waals surface area contributed by atoms with Crippen LogP contribution in [0, 0.1) is 5.82 Å². The lowest BCUT2D eigenvalue weighted by molar-refractivity contribution is 0.105. The van der Waals surface area contributed by atoms with Gasteiger partial charge in [-0.05, 0) is 49.6 Å². The van der Waals surface area contributed by atoms with Crippen LogP contribution in [0.1, 0.15) is 44.7 Å². The number of nitrogens with one attached hydrogen (secondary N) is 1. The molecule has 0 atom stereocenters. The first-order valence-corrected chi connectivity index (χ1v) is 9.57. The van der Waals surface area contributed by atoms with Crippen LogP contribution in [0.3, 0.4) is 0 Å². The first-order chi connectivity index (χ1) is 12.0. The zero-order chi connectivity index (χ0) is 18.0. The Balaban J connectivity index is 2.22. The predicted octanol–water partition coefficient (Wildman–Crippen LogP) is 6.36. The van der Waals surface area contributed by atoms with Crippen LogP contribution in [0.5, 0.6) is 5.75 Å². The third-order valence-electron chi connectivity index (χ3n) is 4.83. The Kier molecular flexibility index (Phi) is 5.19. The highest BCUT2D eigenvalue weighted by Gasteiger charge is 2.39. The third-order valence-corrected chi connectivity index (χ3v) is 5.95. The van der Waals surface area contributed by atoms with E-state index in [1.54, 1.807) is 0 Å². The summed E-state index contributed by atoms with van der Waals surface area (Å²) in [4.78, 5) is 0. The number of benzene rings is 2. The molecule has 0 radical (unpaired) electrons. The normalized spacial score (nSPS) is 15.6. The molecule has 0 aromatic heterocycles. The number of halogens is 2. The molecule has 1 N–H and O–H groups in total. The van der Waals surface area contributed by atoms with Crippen molar-refractivity contribution in [2.24, 2.45) is 0 Å². The molecule has 0 aliphatic carbocycles. The quantitative estimate of drug-likeness (QED) is 0.626. The van der Waals surface area contributed by atoms with E-state index in [1.165, 1.54) is 12.1 Å². The van der Waals surface area contributed by atoms with Gasteiger partial charge in [-0.1, -0.05) is 41.9 Å². The van der Waals surface area contributed by atoms with Crippen LogP contribution in [0.4, 0.5) is 10.1 Å². The van der Waals surface area contributed by atoms with E-state index in [0.29, 0.717) is 0 Å². The van der Waals surface area contributed by atoms with E-state index in [1.807, 2.05) is 12.1 Å². The molecule has 2 aromatic carbocycles. The minimum atomic E-state index is -0.401. The lowest BCUT2D eigenvalue weighted by atomic mass is 9.85. The van der Waals surface area contributed by atoms with Crippen LogP contribution < -0.4 is 10.1 Å². The average molecular weight is 404 g/mol. The minimum Gasteiger partial charge on any atom is -0.481 e. The Hall–Kier alpha value is -1.81. The molecule has 2 nitrogen and oxygen atoms in total. The van der Waals surface area contributed by atoms with E-state index in [-0.39, 0.29) is 5.82 Å². The van der Waals surface area contributed by atoms with Crippen LogP contribution in [-0.2, 0) is 0 Å². The molecule has 1 heterocycles. The Morgan fingerprint density at radius 2 is 1.72 bits per heavy atom. The largest absolute Gasteiger partial charge is 0.481 e. The number of ether oxygens (including phenoxy) is 1. The van der Waals surface area contributed by atoms with Crippen molar-refractivity contribution in [2.75, 3.05) is 11.9 Å². The lowest BCUT2D eigenvalue weighted by Gasteiger charge is -2.39. The molecule has 1 aliphatic heterocycles. The second kappa shape index (κ2) is 7.20. The monoisotopic (exact) mass is 403 g/mol. The van der Waals surface area contributed by atoms with Gasteiger partial charge in [0.25, 0.3) is 0 Å². The van der Waals surface area contributed by atoms with Crippen LogP contribution in [0.25, 0.3) is 5.57 Å². The molecular weight excluding hydrogens is 381 g/mol. The summed E-state index contributed by atoms with van der Waals surface area (Å²) in [6, 6.07) is 12.9. The lowest BCUT2D eigenvalue weighted by Crippen LogP contribution is -2.38. The SMILES string of the molecule is CCNc1ccc2c(c1)OC(CC)(CC)C(Br)=C2c1ccc(F)cc1. The van der Waals surface area contributed by atoms with Gasteiger partial charge in [-0.15, -0.1) is 0 Å². The minimum absolute atomic E-state index is 0.229. The van der Waals surface area contributed by atoms with Gasteiger partial charge in [0.2, 0.25) is 0 Å². The molecule has 0 unspecified atom stereocenters. The second-order valence-corrected chi connectivity index (χ2v) is 7.03. The predicted molar refractivity (Wildman–Crippen MR) is 106 cm³/mol. The summed E-state index contributed by atoms with van der Waals surface area (Å²) in [6.45, 7) is 7.19. The maximum Gasteiger partial charge on any atom is 0.140 e. The smallest absolute Gasteiger partial charge is 0.140 e. The van der Waals surface area contributed by atoms with Gasteiger partial charge in [0, 0.05) is 33.9 Å². The van der Waals surface area contributed by atoms with Gasteiger partial charge in [0.15, 0.2) is 0 Å². The summed E-state index contributed by atoms with van der Waals surface area (Å²) in [7, 11) is 0. The summed E-state index contributed by atoms with van der Waals surface area (Å²) in [5, 5.41) is 3.34. The fourth-order valence-electron chi connectivity index (χ4n) is 3.33. The van der Waals surface area contributed by atoms with E-state index in [0.717, 1.165) is 52.0 Å². The summed E-state index contributed by atoms with van der Waals surface area (Å²) >= 11 is 3.82. The average Bonchev–Trinajstić information content (AvgIpc) is 2.63. The van der Waals surface area contributed by atoms with Crippen molar-refractivity contribution in [3.8, 4) is 5.75 Å². The van der Waals surface area contributed by atoms with Crippen LogP contribution in [0.15, 0.2) is 46.9 Å². The number of rotatable bonds is 5. The first kappa shape index (κ1) is 18.0. The summed E-state index contributed by atoms with van der Waals surface area (Å²) in [5.74, 6) is 0.636. The van der Waals surface area contributed by atoms with Crippen molar-refractivity contribution in [3.63, 3.8) is 0 Å². The second-order valence-electron chi connectivity index (χ2n) is 6.24. The summed E-state index contributed by atoms with van der Waals surface area (Å²) in [6.07, 6.45) is 1.69. The molecule has 2 aromatic rings. The molecule has 0 fully saturated rings. The van der Waals surface area contributed by atoms with Gasteiger partial charge in [-0.25, -0.2) is 4.39 Å². The maximum atomic E-state index is 13.4. The highest BCUT2D eigenvalue weighted by molar-refractivity contribution is 9.12. The molecule has 0 bridgehead atoms. The molecule has 0 saturated carbocycles. The molecular formula is C21H23BrFNO. The highest BCUT2D eigenvalue weighted by Crippen LogP contribution is 2.49. The Morgan fingerprint density at radius 3 is 2.32 bits per heavy atom. The topological polar surface area (TPSA) is 21.3 Å². The van der Waals surface area contributed by atoms with Crippen LogP contribution in [0.2, 0.25) is 0 Å². The van der Waals surface area contributed by atoms with Crippen molar-refractivity contribution < 1.29 is 9.13 Å². The number of fused-ring (bicyclic) bond motifs is 1. The van der Waals surface area contributed by atoms with E-state index in [4.69, 9.17) is 4.74 Å². The van der Waals surface area contributed by atoms with Crippen molar-refractivity contribution in [2.45, 2.75) is 39.2 Å². The molecule has 132 valence electrons. The maximum absolute atomic E-state index is 13.4. The van der Waals surface area contributed by atoms with Crippen LogP contribution in [-0.4, -0.2) is 12.1 Å². The zero-order valence-electron chi connectivity index (χ0n) is 14.8. The Bertz CT molecular complexity index is 794. The van der Waals surface area contributed by atoms with E-state index in [9.17, 15) is 4.39 Å². The number of anilines is 1. The van der Waals surface area contributed by atoms with Gasteiger partial charge in [0.05, 0.1) is 0 Å². The van der Waals surface area contributed by atoms with E-state index < -0.39 is 5.60 Å². The van der Waals surface area contributed by atoms with Gasteiger partial charge < -0.3 is 10.1 Å². The fourth-order valence-corrected chi connectivity index (χ4v) is 4.42. The van der Waals surface area contributed by atoms with Gasteiger partial charge >= 0.3 is 0 Å². The van der Waals surface area contributed by atoms with Gasteiger partial charge in [0.1, 0.15) is 17.2 Å². The third kappa shape index (κ3) is 3.20. The van der Waals surface area contributed by atoms with Gasteiger partial charge in [-0.2, -0.15) is 0 Å². The zero-order valence-corrected chi connectivity index (χ0v) is 16.4. The fraction of sp³-hybridized carbons (Fsp3) is 0.333. The number of hydrogen-bond acceptors (Lipinski definition) is 2. The Labute approximate surface area is 157 Å². The van der Waals surface area contributed by atoms with E-state index in [2.05, 4.69) is 60.2 Å². The summed E-state index contributed by atoms with van der Waals surface area (Å²) < 4.78 is 20.9.